The van der Waals surface area contributed by atoms with Gasteiger partial charge in [0.2, 0.25) is 0 Å². The van der Waals surface area contributed by atoms with Crippen LogP contribution in [0.25, 0.3) is 31.1 Å². The Hall–Kier alpha value is -2.57. The lowest BCUT2D eigenvalue weighted by Crippen LogP contribution is -2.09. The van der Waals surface area contributed by atoms with Crippen molar-refractivity contribution in [2.75, 3.05) is 18.4 Å². The van der Waals surface area contributed by atoms with Gasteiger partial charge in [-0.15, -0.1) is 11.3 Å². The van der Waals surface area contributed by atoms with Crippen molar-refractivity contribution in [3.05, 3.63) is 58.6 Å². The SMILES string of the molecule is NCCCNc1cccc2ncc3sc4c(F)cccc4c(=O)c3c12. The number of anilines is 1. The van der Waals surface area contributed by atoms with E-state index in [1.165, 1.54) is 17.4 Å². The van der Waals surface area contributed by atoms with Gasteiger partial charge in [-0.1, -0.05) is 12.1 Å². The summed E-state index contributed by atoms with van der Waals surface area (Å²) in [6.45, 7) is 1.31. The van der Waals surface area contributed by atoms with Crippen LogP contribution in [0.15, 0.2) is 47.4 Å². The Kier molecular flexibility index (Phi) is 4.07. The second-order valence-corrected chi connectivity index (χ2v) is 6.87. The predicted octanol–water partition coefficient (Wildman–Crippen LogP) is 3.86. The standard InChI is InChI=1S/C19H16FN3OS/c20-12-5-1-4-11-18(24)17-15(25-19(11)12)10-23-14-7-2-6-13(16(14)17)22-9-3-8-21/h1-2,4-7,10,22H,3,8-9,21H2. The van der Waals surface area contributed by atoms with Gasteiger partial charge in [-0.3, -0.25) is 9.78 Å². The van der Waals surface area contributed by atoms with E-state index in [4.69, 9.17) is 5.73 Å². The fraction of sp³-hybridized carbons (Fsp3) is 0.158. The van der Waals surface area contributed by atoms with E-state index in [1.54, 1.807) is 18.3 Å². The van der Waals surface area contributed by atoms with Gasteiger partial charge in [0, 0.05) is 29.2 Å². The molecule has 4 rings (SSSR count). The number of fused-ring (bicyclic) bond motifs is 4. The van der Waals surface area contributed by atoms with E-state index < -0.39 is 0 Å². The molecular weight excluding hydrogens is 337 g/mol. The average molecular weight is 353 g/mol. The summed E-state index contributed by atoms with van der Waals surface area (Å²) >= 11 is 1.26. The molecule has 0 aliphatic carbocycles. The van der Waals surface area contributed by atoms with Crippen LogP contribution in [0, 0.1) is 5.82 Å². The zero-order chi connectivity index (χ0) is 17.4. The maximum atomic E-state index is 14.1. The molecule has 2 aromatic heterocycles. The van der Waals surface area contributed by atoms with Crippen LogP contribution in [0.2, 0.25) is 0 Å². The maximum Gasteiger partial charge on any atom is 0.196 e. The molecule has 0 saturated carbocycles. The summed E-state index contributed by atoms with van der Waals surface area (Å²) in [5.74, 6) is -0.379. The zero-order valence-corrected chi connectivity index (χ0v) is 14.2. The molecule has 4 nitrogen and oxygen atoms in total. The zero-order valence-electron chi connectivity index (χ0n) is 13.4. The third-order valence-electron chi connectivity index (χ3n) is 4.21. The largest absolute Gasteiger partial charge is 0.384 e. The lowest BCUT2D eigenvalue weighted by atomic mass is 10.1. The minimum Gasteiger partial charge on any atom is -0.384 e. The normalized spacial score (nSPS) is 11.4. The smallest absolute Gasteiger partial charge is 0.196 e. The fourth-order valence-electron chi connectivity index (χ4n) is 3.04. The van der Waals surface area contributed by atoms with E-state index in [1.807, 2.05) is 18.2 Å². The molecule has 0 atom stereocenters. The van der Waals surface area contributed by atoms with Crippen LogP contribution in [-0.4, -0.2) is 18.1 Å². The molecule has 0 unspecified atom stereocenters. The Morgan fingerprint density at radius 1 is 1.16 bits per heavy atom. The van der Waals surface area contributed by atoms with Gasteiger partial charge in [0.1, 0.15) is 5.82 Å². The van der Waals surface area contributed by atoms with Crippen molar-refractivity contribution in [3.63, 3.8) is 0 Å². The summed E-state index contributed by atoms with van der Waals surface area (Å²) in [5.41, 5.74) is 6.99. The van der Waals surface area contributed by atoms with Crippen LogP contribution < -0.4 is 16.5 Å². The number of hydrogen-bond donors (Lipinski definition) is 2. The van der Waals surface area contributed by atoms with Crippen molar-refractivity contribution in [3.8, 4) is 0 Å². The Bertz CT molecular complexity index is 1160. The molecule has 0 aliphatic rings. The lowest BCUT2D eigenvalue weighted by molar-refractivity contribution is 0.641. The summed E-state index contributed by atoms with van der Waals surface area (Å²) in [6, 6.07) is 10.3. The summed E-state index contributed by atoms with van der Waals surface area (Å²) < 4.78 is 15.2. The van der Waals surface area contributed by atoms with Crippen molar-refractivity contribution in [2.24, 2.45) is 5.73 Å². The molecule has 3 N–H and O–H groups in total. The van der Waals surface area contributed by atoms with Crippen LogP contribution in [-0.2, 0) is 0 Å². The van der Waals surface area contributed by atoms with Crippen LogP contribution in [0.5, 0.6) is 0 Å². The number of nitrogens with one attached hydrogen (secondary N) is 1. The number of benzene rings is 2. The predicted molar refractivity (Wildman–Crippen MR) is 103 cm³/mol. The first-order chi connectivity index (χ1) is 12.2. The monoisotopic (exact) mass is 353 g/mol. The highest BCUT2D eigenvalue weighted by molar-refractivity contribution is 7.24. The molecule has 126 valence electrons. The van der Waals surface area contributed by atoms with Gasteiger partial charge in [-0.05, 0) is 37.2 Å². The minimum atomic E-state index is -0.379. The molecule has 0 aliphatic heterocycles. The first-order valence-corrected chi connectivity index (χ1v) is 8.89. The third-order valence-corrected chi connectivity index (χ3v) is 5.36. The highest BCUT2D eigenvalue weighted by Crippen LogP contribution is 2.33. The summed E-state index contributed by atoms with van der Waals surface area (Å²) in [4.78, 5) is 17.6. The van der Waals surface area contributed by atoms with Crippen molar-refractivity contribution in [2.45, 2.75) is 6.42 Å². The highest BCUT2D eigenvalue weighted by atomic mass is 32.1. The van der Waals surface area contributed by atoms with Crippen molar-refractivity contribution < 1.29 is 4.39 Å². The van der Waals surface area contributed by atoms with Crippen molar-refractivity contribution in [1.82, 2.24) is 4.98 Å². The minimum absolute atomic E-state index is 0.163. The van der Waals surface area contributed by atoms with E-state index >= 15 is 0 Å². The van der Waals surface area contributed by atoms with E-state index in [0.29, 0.717) is 33.3 Å². The highest BCUT2D eigenvalue weighted by Gasteiger charge is 2.14. The molecule has 2 heterocycles. The Balaban J connectivity index is 2.10. The molecule has 0 fully saturated rings. The van der Waals surface area contributed by atoms with Gasteiger partial charge in [0.15, 0.2) is 5.43 Å². The van der Waals surface area contributed by atoms with Crippen LogP contribution >= 0.6 is 11.3 Å². The summed E-state index contributed by atoms with van der Waals surface area (Å²) in [5, 5.41) is 5.11. The number of rotatable bonds is 4. The maximum absolute atomic E-state index is 14.1. The average Bonchev–Trinajstić information content (AvgIpc) is 2.63. The van der Waals surface area contributed by atoms with Gasteiger partial charge >= 0.3 is 0 Å². The Labute approximate surface area is 147 Å². The number of nitrogens with zero attached hydrogens (tertiary/aromatic N) is 1. The topological polar surface area (TPSA) is 68.0 Å². The first-order valence-electron chi connectivity index (χ1n) is 8.07. The Morgan fingerprint density at radius 3 is 2.84 bits per heavy atom. The van der Waals surface area contributed by atoms with E-state index in [-0.39, 0.29) is 11.2 Å². The number of halogens is 1. The Morgan fingerprint density at radius 2 is 2.00 bits per heavy atom. The second kappa shape index (κ2) is 6.38. The lowest BCUT2D eigenvalue weighted by Gasteiger charge is -2.11. The van der Waals surface area contributed by atoms with Gasteiger partial charge in [0.25, 0.3) is 0 Å². The van der Waals surface area contributed by atoms with Gasteiger partial charge in [-0.2, -0.15) is 0 Å². The fourth-order valence-corrected chi connectivity index (χ4v) is 4.10. The van der Waals surface area contributed by atoms with E-state index in [2.05, 4.69) is 10.3 Å². The van der Waals surface area contributed by atoms with Crippen LogP contribution in [0.4, 0.5) is 10.1 Å². The third kappa shape index (κ3) is 2.63. The number of hydrogen-bond acceptors (Lipinski definition) is 5. The molecule has 0 amide bonds. The van der Waals surface area contributed by atoms with Crippen molar-refractivity contribution in [1.29, 1.82) is 0 Å². The molecule has 2 aromatic carbocycles. The molecule has 0 saturated heterocycles. The molecule has 0 radical (unpaired) electrons. The number of nitrogens with two attached hydrogens (primary N) is 1. The van der Waals surface area contributed by atoms with Gasteiger partial charge in [-0.25, -0.2) is 4.39 Å². The van der Waals surface area contributed by atoms with Crippen LogP contribution in [0.3, 0.4) is 0 Å². The van der Waals surface area contributed by atoms with Crippen molar-refractivity contribution >= 4 is 48.1 Å². The molecule has 0 spiro atoms. The number of pyridine rings is 1. The summed E-state index contributed by atoms with van der Waals surface area (Å²) in [6.07, 6.45) is 2.48. The quantitative estimate of drug-likeness (QED) is 0.332. The number of aromatic nitrogens is 1. The molecule has 4 aromatic rings. The molecular formula is C19H16FN3OS. The van der Waals surface area contributed by atoms with E-state index in [9.17, 15) is 9.18 Å². The van der Waals surface area contributed by atoms with Crippen LogP contribution in [0.1, 0.15) is 6.42 Å². The van der Waals surface area contributed by atoms with E-state index in [0.717, 1.165) is 23.0 Å². The molecule has 0 bridgehead atoms. The first kappa shape index (κ1) is 15.9. The molecule has 25 heavy (non-hydrogen) atoms. The summed E-state index contributed by atoms with van der Waals surface area (Å²) in [7, 11) is 0. The van der Waals surface area contributed by atoms with Gasteiger partial charge in [0.05, 0.1) is 20.3 Å². The second-order valence-electron chi connectivity index (χ2n) is 5.81. The molecule has 6 heteroatoms. The van der Waals surface area contributed by atoms with Gasteiger partial charge < -0.3 is 11.1 Å².